The molecule has 1 heterocycles. The van der Waals surface area contributed by atoms with E-state index in [0.717, 1.165) is 32.0 Å². The number of benzene rings is 1. The van der Waals surface area contributed by atoms with Crippen LogP contribution in [-0.4, -0.2) is 30.0 Å². The number of hydrogen-bond acceptors (Lipinski definition) is 4. The first-order chi connectivity index (χ1) is 8.44. The van der Waals surface area contributed by atoms with Crippen molar-refractivity contribution in [1.82, 2.24) is 4.48 Å². The van der Waals surface area contributed by atoms with Crippen molar-refractivity contribution < 1.29 is 9.85 Å². The maximum Gasteiger partial charge on any atom is 0.336 e. The molecule has 1 aromatic carbocycles. The molecule has 7 nitrogen and oxygen atoms in total. The highest BCUT2D eigenvalue weighted by Gasteiger charge is 2.37. The van der Waals surface area contributed by atoms with E-state index in [9.17, 15) is 20.2 Å². The van der Waals surface area contributed by atoms with Crippen molar-refractivity contribution in [2.45, 2.75) is 12.8 Å². The maximum atomic E-state index is 11.1. The second kappa shape index (κ2) is 4.34. The van der Waals surface area contributed by atoms with Crippen molar-refractivity contribution >= 4 is 17.1 Å². The summed E-state index contributed by atoms with van der Waals surface area (Å²) in [7, 11) is 1.93. The van der Waals surface area contributed by atoms with E-state index in [2.05, 4.69) is 0 Å². The lowest BCUT2D eigenvalue weighted by molar-refractivity contribution is -0.394. The standard InChI is InChI=1S/C11H14N3O4/c1-14(6-2-3-7-14)11-5-4-9(12(15)16)8-10(11)13(17)18/h4-5,8H,2-3,6-7H2,1H3/q+1. The molecule has 7 heteroatoms. The van der Waals surface area contributed by atoms with E-state index in [1.165, 1.54) is 12.1 Å². The van der Waals surface area contributed by atoms with Gasteiger partial charge in [0.25, 0.3) is 5.69 Å². The summed E-state index contributed by atoms with van der Waals surface area (Å²) in [4.78, 5) is 20.6. The van der Waals surface area contributed by atoms with Crippen LogP contribution in [0.25, 0.3) is 0 Å². The molecule has 0 saturated carbocycles. The maximum absolute atomic E-state index is 11.1. The zero-order valence-corrected chi connectivity index (χ0v) is 10.0. The smallest absolute Gasteiger partial charge is 0.288 e. The number of nitrogens with zero attached hydrogens (tertiary/aromatic N) is 3. The molecule has 0 radical (unpaired) electrons. The molecule has 0 N–H and O–H groups in total. The van der Waals surface area contributed by atoms with Crippen LogP contribution in [0.4, 0.5) is 17.1 Å². The van der Waals surface area contributed by atoms with Crippen LogP contribution in [-0.2, 0) is 0 Å². The zero-order chi connectivity index (χ0) is 13.3. The summed E-state index contributed by atoms with van der Waals surface area (Å²) in [6.07, 6.45) is 2.04. The Labute approximate surface area is 104 Å². The van der Waals surface area contributed by atoms with E-state index in [1.54, 1.807) is 0 Å². The van der Waals surface area contributed by atoms with Gasteiger partial charge in [0.15, 0.2) is 0 Å². The molecule has 1 fully saturated rings. The van der Waals surface area contributed by atoms with Gasteiger partial charge in [-0.25, -0.2) is 0 Å². The topological polar surface area (TPSA) is 86.3 Å². The number of non-ortho nitro benzene ring substituents is 1. The van der Waals surface area contributed by atoms with Crippen molar-refractivity contribution in [2.24, 2.45) is 0 Å². The van der Waals surface area contributed by atoms with Gasteiger partial charge >= 0.3 is 5.69 Å². The third kappa shape index (κ3) is 2.04. The van der Waals surface area contributed by atoms with Gasteiger partial charge in [0.05, 0.1) is 30.0 Å². The molecule has 96 valence electrons. The Morgan fingerprint density at radius 3 is 2.22 bits per heavy atom. The molecule has 18 heavy (non-hydrogen) atoms. The van der Waals surface area contributed by atoms with Gasteiger partial charge in [-0.15, -0.1) is 0 Å². The fraction of sp³-hybridized carbons (Fsp3) is 0.455. The highest BCUT2D eigenvalue weighted by molar-refractivity contribution is 5.64. The first kappa shape index (κ1) is 12.4. The molecule has 0 bridgehead atoms. The Morgan fingerprint density at radius 1 is 1.11 bits per heavy atom. The molecule has 1 aliphatic heterocycles. The second-order valence-electron chi connectivity index (χ2n) is 4.74. The average molecular weight is 252 g/mol. The summed E-state index contributed by atoms with van der Waals surface area (Å²) < 4.78 is 0.480. The lowest BCUT2D eigenvalue weighted by atomic mass is 10.2. The number of quaternary nitrogens is 1. The van der Waals surface area contributed by atoms with Gasteiger partial charge in [-0.3, -0.25) is 24.7 Å². The molecule has 1 saturated heterocycles. The predicted octanol–water partition coefficient (Wildman–Crippen LogP) is 2.23. The van der Waals surface area contributed by atoms with Gasteiger partial charge in [0.1, 0.15) is 6.07 Å². The molecule has 0 aliphatic carbocycles. The average Bonchev–Trinajstić information content (AvgIpc) is 2.76. The van der Waals surface area contributed by atoms with Crippen LogP contribution in [0.5, 0.6) is 0 Å². The second-order valence-corrected chi connectivity index (χ2v) is 4.74. The molecular weight excluding hydrogens is 238 g/mol. The first-order valence-electron chi connectivity index (χ1n) is 5.72. The first-order valence-corrected chi connectivity index (χ1v) is 5.72. The lowest BCUT2D eigenvalue weighted by Gasteiger charge is -2.27. The van der Waals surface area contributed by atoms with Crippen molar-refractivity contribution in [1.29, 1.82) is 0 Å². The molecule has 0 atom stereocenters. The minimum Gasteiger partial charge on any atom is -0.288 e. The van der Waals surface area contributed by atoms with E-state index in [4.69, 9.17) is 0 Å². The SMILES string of the molecule is C[N+]1(c2ccc([N+](=O)[O-])cc2[N+](=O)[O-])CCCC1. The summed E-state index contributed by atoms with van der Waals surface area (Å²) >= 11 is 0. The molecule has 2 rings (SSSR count). The van der Waals surface area contributed by atoms with Crippen molar-refractivity contribution in [3.05, 3.63) is 38.4 Å². The van der Waals surface area contributed by atoms with Crippen LogP contribution < -0.4 is 4.48 Å². The molecule has 0 spiro atoms. The summed E-state index contributed by atoms with van der Waals surface area (Å²) in [6.45, 7) is 1.66. The van der Waals surface area contributed by atoms with Gasteiger partial charge in [-0.05, 0) is 0 Å². The van der Waals surface area contributed by atoms with Crippen LogP contribution in [0.1, 0.15) is 12.8 Å². The van der Waals surface area contributed by atoms with Crippen molar-refractivity contribution in [2.75, 3.05) is 20.1 Å². The minimum atomic E-state index is -0.610. The minimum absolute atomic E-state index is 0.159. The Kier molecular flexibility index (Phi) is 3.00. The number of nitro benzene ring substituents is 2. The molecule has 1 aromatic rings. The summed E-state index contributed by atoms with van der Waals surface area (Å²) in [6, 6.07) is 3.91. The van der Waals surface area contributed by atoms with Gasteiger partial charge in [-0.1, -0.05) is 0 Å². The number of nitro groups is 2. The van der Waals surface area contributed by atoms with Crippen LogP contribution in [0.15, 0.2) is 18.2 Å². The largest absolute Gasteiger partial charge is 0.336 e. The van der Waals surface area contributed by atoms with E-state index in [0.29, 0.717) is 10.2 Å². The number of hydrogen-bond donors (Lipinski definition) is 0. The Balaban J connectivity index is 2.53. The normalized spacial score (nSPS) is 17.6. The predicted molar refractivity (Wildman–Crippen MR) is 66.4 cm³/mol. The Hall–Kier alpha value is -2.02. The van der Waals surface area contributed by atoms with Gasteiger partial charge in [0, 0.05) is 25.0 Å². The summed E-state index contributed by atoms with van der Waals surface area (Å²) in [5.74, 6) is 0. The monoisotopic (exact) mass is 252 g/mol. The van der Waals surface area contributed by atoms with Crippen LogP contribution >= 0.6 is 0 Å². The Bertz CT molecular complexity index is 509. The third-order valence-corrected chi connectivity index (χ3v) is 3.50. The number of likely N-dealkylation sites (tertiary alicyclic amines) is 1. The molecule has 0 unspecified atom stereocenters. The van der Waals surface area contributed by atoms with Gasteiger partial charge < -0.3 is 0 Å². The van der Waals surface area contributed by atoms with Gasteiger partial charge in [-0.2, -0.15) is 0 Å². The molecular formula is C11H14N3O4+. The fourth-order valence-electron chi connectivity index (χ4n) is 2.50. The number of rotatable bonds is 3. The van der Waals surface area contributed by atoms with E-state index in [1.807, 2.05) is 7.05 Å². The zero-order valence-electron chi connectivity index (χ0n) is 10.0. The van der Waals surface area contributed by atoms with Crippen LogP contribution in [0.3, 0.4) is 0 Å². The van der Waals surface area contributed by atoms with E-state index < -0.39 is 9.85 Å². The summed E-state index contributed by atoms with van der Waals surface area (Å²) in [5, 5.41) is 21.7. The van der Waals surface area contributed by atoms with Gasteiger partial charge in [0.2, 0.25) is 5.69 Å². The highest BCUT2D eigenvalue weighted by Crippen LogP contribution is 2.37. The molecule has 0 aromatic heterocycles. The van der Waals surface area contributed by atoms with E-state index >= 15 is 0 Å². The fourth-order valence-corrected chi connectivity index (χ4v) is 2.50. The summed E-state index contributed by atoms with van der Waals surface area (Å²) in [5.41, 5.74) is 0.160. The van der Waals surface area contributed by atoms with Crippen LogP contribution in [0.2, 0.25) is 0 Å². The quantitative estimate of drug-likeness (QED) is 0.469. The molecule has 0 amide bonds. The van der Waals surface area contributed by atoms with Crippen LogP contribution in [0, 0.1) is 20.2 Å². The third-order valence-electron chi connectivity index (χ3n) is 3.50. The molecule has 1 aliphatic rings. The van der Waals surface area contributed by atoms with E-state index in [-0.39, 0.29) is 11.4 Å². The van der Waals surface area contributed by atoms with Crippen molar-refractivity contribution in [3.63, 3.8) is 0 Å². The van der Waals surface area contributed by atoms with Crippen molar-refractivity contribution in [3.8, 4) is 0 Å². The lowest BCUT2D eigenvalue weighted by Crippen LogP contribution is -2.42. The highest BCUT2D eigenvalue weighted by atomic mass is 16.6. The Morgan fingerprint density at radius 2 is 1.72 bits per heavy atom.